The molecule has 0 unspecified atom stereocenters. The molecule has 0 saturated carbocycles. The third kappa shape index (κ3) is 4.08. The number of carbonyl (C=O) groups is 1. The number of fused-ring (bicyclic) bond motifs is 1. The van der Waals surface area contributed by atoms with Gasteiger partial charge in [-0.05, 0) is 42.3 Å². The molecular formula is C24H17ClO4. The zero-order valence-electron chi connectivity index (χ0n) is 15.6. The van der Waals surface area contributed by atoms with Crippen LogP contribution in [0.25, 0.3) is 22.1 Å². The van der Waals surface area contributed by atoms with Crippen molar-refractivity contribution in [1.82, 2.24) is 0 Å². The van der Waals surface area contributed by atoms with E-state index >= 15 is 0 Å². The first-order chi connectivity index (χ1) is 14.0. The predicted molar refractivity (Wildman–Crippen MR) is 113 cm³/mol. The zero-order valence-corrected chi connectivity index (χ0v) is 16.4. The summed E-state index contributed by atoms with van der Waals surface area (Å²) < 4.78 is 11.3. The summed E-state index contributed by atoms with van der Waals surface area (Å²) in [5, 5.41) is 1.02. The second-order valence-corrected chi connectivity index (χ2v) is 7.10. The number of hydrogen-bond acceptors (Lipinski definition) is 4. The fourth-order valence-corrected chi connectivity index (χ4v) is 3.36. The van der Waals surface area contributed by atoms with Gasteiger partial charge in [0.2, 0.25) is 5.43 Å². The number of benzene rings is 3. The summed E-state index contributed by atoms with van der Waals surface area (Å²) in [6.45, 7) is 1.73. The number of halogens is 1. The molecule has 5 heteroatoms. The standard InChI is InChI=1S/C24H17ClO4/c1-15-23(17-7-9-18(25)10-8-17)24(27)20-12-11-19(14-21(20)28-15)29-22(26)13-16-5-3-2-4-6-16/h2-12,14H,13H2,1H3. The molecule has 144 valence electrons. The summed E-state index contributed by atoms with van der Waals surface area (Å²) in [7, 11) is 0. The topological polar surface area (TPSA) is 56.5 Å². The molecular weight excluding hydrogens is 388 g/mol. The number of aryl methyl sites for hydroxylation is 1. The number of ether oxygens (including phenoxy) is 1. The molecule has 1 aromatic heterocycles. The number of esters is 1. The quantitative estimate of drug-likeness (QED) is 0.329. The van der Waals surface area contributed by atoms with E-state index in [-0.39, 0.29) is 17.8 Å². The minimum absolute atomic E-state index is 0.145. The van der Waals surface area contributed by atoms with Gasteiger partial charge in [0, 0.05) is 11.1 Å². The van der Waals surface area contributed by atoms with Crippen LogP contribution in [0.15, 0.2) is 82.0 Å². The van der Waals surface area contributed by atoms with Crippen LogP contribution in [-0.2, 0) is 11.2 Å². The van der Waals surface area contributed by atoms with Crippen LogP contribution in [0.2, 0.25) is 5.02 Å². The Labute approximate surface area is 172 Å². The molecule has 0 aliphatic heterocycles. The smallest absolute Gasteiger partial charge is 0.315 e. The van der Waals surface area contributed by atoms with Crippen molar-refractivity contribution in [2.75, 3.05) is 0 Å². The van der Waals surface area contributed by atoms with Crippen molar-refractivity contribution < 1.29 is 13.9 Å². The Morgan fingerprint density at radius 3 is 2.45 bits per heavy atom. The highest BCUT2D eigenvalue weighted by Crippen LogP contribution is 2.27. The fraction of sp³-hybridized carbons (Fsp3) is 0.0833. The first-order valence-electron chi connectivity index (χ1n) is 9.09. The Morgan fingerprint density at radius 1 is 1.00 bits per heavy atom. The molecule has 0 aliphatic rings. The SMILES string of the molecule is Cc1oc2cc(OC(=O)Cc3ccccc3)ccc2c(=O)c1-c1ccc(Cl)cc1. The molecule has 0 bridgehead atoms. The Balaban J connectivity index is 1.65. The van der Waals surface area contributed by atoms with Crippen molar-refractivity contribution in [3.8, 4) is 16.9 Å². The lowest BCUT2D eigenvalue weighted by molar-refractivity contribution is -0.133. The second kappa shape index (κ2) is 7.94. The van der Waals surface area contributed by atoms with Gasteiger partial charge in [-0.3, -0.25) is 9.59 Å². The molecule has 0 fully saturated rings. The van der Waals surface area contributed by atoms with Gasteiger partial charge in [0.05, 0.1) is 17.4 Å². The Kier molecular flexibility index (Phi) is 5.19. The molecule has 0 N–H and O–H groups in total. The molecule has 0 aliphatic carbocycles. The lowest BCUT2D eigenvalue weighted by Crippen LogP contribution is -2.12. The minimum Gasteiger partial charge on any atom is -0.460 e. The maximum absolute atomic E-state index is 13.0. The molecule has 4 aromatic rings. The van der Waals surface area contributed by atoms with Crippen LogP contribution < -0.4 is 10.2 Å². The minimum atomic E-state index is -0.382. The molecule has 3 aromatic carbocycles. The summed E-state index contributed by atoms with van der Waals surface area (Å²) in [5.41, 5.74) is 2.32. The average Bonchev–Trinajstić information content (AvgIpc) is 2.70. The lowest BCUT2D eigenvalue weighted by Gasteiger charge is -2.09. The third-order valence-electron chi connectivity index (χ3n) is 4.60. The van der Waals surface area contributed by atoms with Crippen molar-refractivity contribution in [2.45, 2.75) is 13.3 Å². The van der Waals surface area contributed by atoms with Gasteiger partial charge < -0.3 is 9.15 Å². The van der Waals surface area contributed by atoms with Gasteiger partial charge in [0.25, 0.3) is 0 Å². The van der Waals surface area contributed by atoms with E-state index < -0.39 is 0 Å². The molecule has 0 saturated heterocycles. The van der Waals surface area contributed by atoms with Crippen LogP contribution in [0.5, 0.6) is 5.75 Å². The Hall–Kier alpha value is -3.37. The van der Waals surface area contributed by atoms with Crippen molar-refractivity contribution >= 4 is 28.5 Å². The van der Waals surface area contributed by atoms with Gasteiger partial charge in [-0.1, -0.05) is 54.1 Å². The van der Waals surface area contributed by atoms with E-state index in [0.29, 0.717) is 33.1 Å². The monoisotopic (exact) mass is 404 g/mol. The van der Waals surface area contributed by atoms with Crippen molar-refractivity contribution in [3.63, 3.8) is 0 Å². The number of rotatable bonds is 4. The lowest BCUT2D eigenvalue weighted by atomic mass is 10.0. The second-order valence-electron chi connectivity index (χ2n) is 6.66. The average molecular weight is 405 g/mol. The zero-order chi connectivity index (χ0) is 20.4. The highest BCUT2D eigenvalue weighted by atomic mass is 35.5. The van der Waals surface area contributed by atoms with E-state index in [1.54, 1.807) is 49.4 Å². The molecule has 4 nitrogen and oxygen atoms in total. The van der Waals surface area contributed by atoms with E-state index in [2.05, 4.69) is 0 Å². The van der Waals surface area contributed by atoms with E-state index in [0.717, 1.165) is 11.1 Å². The van der Waals surface area contributed by atoms with Gasteiger partial charge in [0.1, 0.15) is 17.1 Å². The first-order valence-corrected chi connectivity index (χ1v) is 9.47. The van der Waals surface area contributed by atoms with Crippen LogP contribution >= 0.6 is 11.6 Å². The number of carbonyl (C=O) groups excluding carboxylic acids is 1. The summed E-state index contributed by atoms with van der Waals surface area (Å²) in [6, 6.07) is 21.2. The van der Waals surface area contributed by atoms with E-state index in [1.807, 2.05) is 30.3 Å². The molecule has 0 spiro atoms. The fourth-order valence-electron chi connectivity index (χ4n) is 3.23. The van der Waals surface area contributed by atoms with Crippen molar-refractivity contribution in [3.05, 3.63) is 99.4 Å². The highest BCUT2D eigenvalue weighted by molar-refractivity contribution is 6.30. The van der Waals surface area contributed by atoms with E-state index in [9.17, 15) is 9.59 Å². The van der Waals surface area contributed by atoms with Crippen molar-refractivity contribution in [1.29, 1.82) is 0 Å². The normalized spacial score (nSPS) is 10.8. The molecule has 0 atom stereocenters. The van der Waals surface area contributed by atoms with Gasteiger partial charge in [-0.2, -0.15) is 0 Å². The van der Waals surface area contributed by atoms with Gasteiger partial charge >= 0.3 is 5.97 Å². The summed E-state index contributed by atoms with van der Waals surface area (Å²) >= 11 is 5.94. The molecule has 4 rings (SSSR count). The van der Waals surface area contributed by atoms with Gasteiger partial charge in [-0.25, -0.2) is 0 Å². The van der Waals surface area contributed by atoms with Crippen LogP contribution in [-0.4, -0.2) is 5.97 Å². The van der Waals surface area contributed by atoms with Crippen molar-refractivity contribution in [2.24, 2.45) is 0 Å². The molecule has 0 amide bonds. The summed E-state index contributed by atoms with van der Waals surface area (Å²) in [6.07, 6.45) is 0.164. The van der Waals surface area contributed by atoms with Crippen LogP contribution in [0.4, 0.5) is 0 Å². The summed E-state index contributed by atoms with van der Waals surface area (Å²) in [4.78, 5) is 25.2. The summed E-state index contributed by atoms with van der Waals surface area (Å²) in [5.74, 6) is 0.435. The molecule has 29 heavy (non-hydrogen) atoms. The van der Waals surface area contributed by atoms with Gasteiger partial charge in [0.15, 0.2) is 0 Å². The van der Waals surface area contributed by atoms with Crippen LogP contribution in [0.3, 0.4) is 0 Å². The Morgan fingerprint density at radius 2 is 1.72 bits per heavy atom. The largest absolute Gasteiger partial charge is 0.460 e. The maximum Gasteiger partial charge on any atom is 0.315 e. The third-order valence-corrected chi connectivity index (χ3v) is 4.85. The Bertz CT molecular complexity index is 1240. The predicted octanol–water partition coefficient (Wildman–Crippen LogP) is 5.57. The van der Waals surface area contributed by atoms with E-state index in [4.69, 9.17) is 20.8 Å². The molecule has 1 heterocycles. The van der Waals surface area contributed by atoms with Crippen LogP contribution in [0.1, 0.15) is 11.3 Å². The van der Waals surface area contributed by atoms with E-state index in [1.165, 1.54) is 0 Å². The van der Waals surface area contributed by atoms with Crippen LogP contribution in [0, 0.1) is 6.92 Å². The highest BCUT2D eigenvalue weighted by Gasteiger charge is 2.15. The maximum atomic E-state index is 13.0. The number of hydrogen-bond donors (Lipinski definition) is 0. The van der Waals surface area contributed by atoms with Gasteiger partial charge in [-0.15, -0.1) is 0 Å². The first kappa shape index (κ1) is 19.0. The molecule has 0 radical (unpaired) electrons.